The van der Waals surface area contributed by atoms with Gasteiger partial charge in [-0.05, 0) is 45.9 Å². The molecule has 9 nitrogen and oxygen atoms in total. The van der Waals surface area contributed by atoms with Crippen LogP contribution in [-0.2, 0) is 11.3 Å². The Morgan fingerprint density at radius 1 is 1.16 bits per heavy atom. The minimum Gasteiger partial charge on any atom is -0.487 e. The molecule has 1 aliphatic heterocycles. The number of aliphatic hydroxyl groups is 2. The molecule has 1 unspecified atom stereocenters. The molecule has 198 valence electrons. The summed E-state index contributed by atoms with van der Waals surface area (Å²) < 4.78 is 28.5. The second-order valence-electron chi connectivity index (χ2n) is 11.1. The first kappa shape index (κ1) is 25.4. The van der Waals surface area contributed by atoms with Gasteiger partial charge in [-0.3, -0.25) is 0 Å². The number of amides is 1. The van der Waals surface area contributed by atoms with Gasteiger partial charge in [0, 0.05) is 41.6 Å². The number of rotatable bonds is 3. The molecule has 5 atom stereocenters. The summed E-state index contributed by atoms with van der Waals surface area (Å²) in [4.78, 5) is 22.9. The molecule has 1 aromatic carbocycles. The number of ether oxygens (including phenoxy) is 2. The number of fused-ring (bicyclic) bond motifs is 2. The Morgan fingerprint density at radius 2 is 1.92 bits per heavy atom. The average molecular weight is 513 g/mol. The normalized spacial score (nSPS) is 25.8. The number of carbonyl (C=O) groups excluding carboxylic acids is 1. The van der Waals surface area contributed by atoms with Gasteiger partial charge >= 0.3 is 6.09 Å². The minimum atomic E-state index is -1.17. The Kier molecular flexibility index (Phi) is 6.35. The van der Waals surface area contributed by atoms with E-state index in [1.165, 1.54) is 18.5 Å². The van der Waals surface area contributed by atoms with Crippen LogP contribution in [0.4, 0.5) is 9.18 Å². The van der Waals surface area contributed by atoms with Crippen LogP contribution in [0.25, 0.3) is 11.0 Å². The number of halogens is 1. The molecule has 5 rings (SSSR count). The standard InChI is InChI=1S/C27H33FN4O5/c1-14-11-31(26(35)37-27(3,4)5)12-17-20(7-6-18(28)22(14)17)36-21-10-19(23(33)24(21)34)32-9-8-16-15(2)29-13-30-25(16)32/h6-9,13-14,19,21,23-24,33-34H,10-12H2,1-5H3/t14?,19-,21+,23+,24-/m1/s1. The summed E-state index contributed by atoms with van der Waals surface area (Å²) in [7, 11) is 0. The van der Waals surface area contributed by atoms with Crippen LogP contribution in [0.1, 0.15) is 62.9 Å². The number of carbonyl (C=O) groups is 1. The Hall–Kier alpha value is -3.24. The molecule has 2 N–H and O–H groups in total. The van der Waals surface area contributed by atoms with E-state index in [9.17, 15) is 19.4 Å². The van der Waals surface area contributed by atoms with Crippen molar-refractivity contribution >= 4 is 17.1 Å². The quantitative estimate of drug-likeness (QED) is 0.549. The average Bonchev–Trinajstić information content (AvgIpc) is 3.37. The van der Waals surface area contributed by atoms with Crippen LogP contribution in [0.2, 0.25) is 0 Å². The first-order valence-corrected chi connectivity index (χ1v) is 12.5. The van der Waals surface area contributed by atoms with Crippen LogP contribution < -0.4 is 4.74 Å². The van der Waals surface area contributed by atoms with Crippen LogP contribution in [0.3, 0.4) is 0 Å². The van der Waals surface area contributed by atoms with Gasteiger partial charge in [0.05, 0.1) is 18.3 Å². The van der Waals surface area contributed by atoms with Crippen molar-refractivity contribution in [1.82, 2.24) is 19.4 Å². The second kappa shape index (κ2) is 9.25. The molecule has 1 amide bonds. The van der Waals surface area contributed by atoms with E-state index in [0.29, 0.717) is 35.5 Å². The molecule has 3 heterocycles. The Morgan fingerprint density at radius 3 is 2.65 bits per heavy atom. The Bertz CT molecular complexity index is 1340. The van der Waals surface area contributed by atoms with E-state index in [1.54, 1.807) is 25.7 Å². The maximum atomic E-state index is 14.9. The summed E-state index contributed by atoms with van der Waals surface area (Å²) in [5, 5.41) is 22.7. The number of nitrogens with zero attached hydrogens (tertiary/aromatic N) is 4. The van der Waals surface area contributed by atoms with Crippen molar-refractivity contribution in [2.24, 2.45) is 0 Å². The maximum absolute atomic E-state index is 14.9. The zero-order chi connectivity index (χ0) is 26.6. The Balaban J connectivity index is 1.42. The first-order valence-electron chi connectivity index (χ1n) is 12.5. The van der Waals surface area contributed by atoms with Crippen LogP contribution >= 0.6 is 0 Å². The van der Waals surface area contributed by atoms with E-state index in [4.69, 9.17) is 9.47 Å². The highest BCUT2D eigenvalue weighted by Crippen LogP contribution is 2.40. The highest BCUT2D eigenvalue weighted by atomic mass is 19.1. The van der Waals surface area contributed by atoms with Crippen LogP contribution in [-0.4, -0.2) is 66.2 Å². The van der Waals surface area contributed by atoms with Gasteiger partial charge in [0.2, 0.25) is 0 Å². The topological polar surface area (TPSA) is 110 Å². The second-order valence-corrected chi connectivity index (χ2v) is 11.1. The summed E-state index contributed by atoms with van der Waals surface area (Å²) >= 11 is 0. The molecule has 3 aromatic rings. The summed E-state index contributed by atoms with van der Waals surface area (Å²) in [6.45, 7) is 9.57. The first-order chi connectivity index (χ1) is 17.4. The zero-order valence-corrected chi connectivity index (χ0v) is 21.7. The number of benzene rings is 1. The third kappa shape index (κ3) is 4.64. The van der Waals surface area contributed by atoms with Crippen molar-refractivity contribution in [3.8, 4) is 5.75 Å². The third-order valence-electron chi connectivity index (χ3n) is 7.19. The van der Waals surface area contributed by atoms with Gasteiger partial charge in [0.1, 0.15) is 47.5 Å². The fourth-order valence-corrected chi connectivity index (χ4v) is 5.45. The lowest BCUT2D eigenvalue weighted by atomic mass is 9.90. The van der Waals surface area contributed by atoms with Crippen molar-refractivity contribution < 1.29 is 28.9 Å². The number of aryl methyl sites for hydroxylation is 1. The summed E-state index contributed by atoms with van der Waals surface area (Å²) in [6.07, 6.45) is 0.124. The smallest absolute Gasteiger partial charge is 0.410 e. The molecule has 0 bridgehead atoms. The molecule has 2 aliphatic rings. The van der Waals surface area contributed by atoms with Gasteiger partial charge in [0.25, 0.3) is 0 Å². The van der Waals surface area contributed by atoms with Gasteiger partial charge in [-0.25, -0.2) is 19.2 Å². The zero-order valence-electron chi connectivity index (χ0n) is 21.7. The van der Waals surface area contributed by atoms with E-state index in [0.717, 1.165) is 11.1 Å². The molecule has 10 heteroatoms. The van der Waals surface area contributed by atoms with Crippen molar-refractivity contribution in [1.29, 1.82) is 0 Å². The van der Waals surface area contributed by atoms with Gasteiger partial charge in [-0.15, -0.1) is 0 Å². The summed E-state index contributed by atoms with van der Waals surface area (Å²) in [5.74, 6) is -0.262. The fraction of sp³-hybridized carbons (Fsp3) is 0.519. The molecule has 1 aliphatic carbocycles. The highest BCUT2D eigenvalue weighted by molar-refractivity contribution is 5.78. The molecule has 0 radical (unpaired) electrons. The van der Waals surface area contributed by atoms with Gasteiger partial charge in [0.15, 0.2) is 0 Å². The summed E-state index contributed by atoms with van der Waals surface area (Å²) in [5.41, 5.74) is 1.87. The minimum absolute atomic E-state index is 0.120. The molecule has 37 heavy (non-hydrogen) atoms. The monoisotopic (exact) mass is 512 g/mol. The van der Waals surface area contributed by atoms with E-state index in [1.807, 2.05) is 30.7 Å². The predicted molar refractivity (Wildman–Crippen MR) is 134 cm³/mol. The molecular formula is C27H33FN4O5. The number of hydrogen-bond acceptors (Lipinski definition) is 7. The lowest BCUT2D eigenvalue weighted by Gasteiger charge is -2.35. The molecule has 2 aromatic heterocycles. The molecule has 1 saturated carbocycles. The largest absolute Gasteiger partial charge is 0.487 e. The lowest BCUT2D eigenvalue weighted by Crippen LogP contribution is -2.41. The van der Waals surface area contributed by atoms with Gasteiger partial charge < -0.3 is 29.2 Å². The van der Waals surface area contributed by atoms with E-state index in [2.05, 4.69) is 9.97 Å². The van der Waals surface area contributed by atoms with Crippen molar-refractivity contribution in [2.75, 3.05) is 6.54 Å². The number of aromatic nitrogens is 3. The molecular weight excluding hydrogens is 479 g/mol. The van der Waals surface area contributed by atoms with Crippen molar-refractivity contribution in [3.63, 3.8) is 0 Å². The highest BCUT2D eigenvalue weighted by Gasteiger charge is 2.45. The molecule has 0 spiro atoms. The summed E-state index contributed by atoms with van der Waals surface area (Å²) in [6, 6.07) is 4.29. The third-order valence-corrected chi connectivity index (χ3v) is 7.19. The van der Waals surface area contributed by atoms with Gasteiger partial charge in [-0.1, -0.05) is 6.92 Å². The SMILES string of the molecule is Cc1ncnc2c1ccn2[C@@H]1C[C@H](Oc2ccc(F)c3c2CN(C(=O)OC(C)(C)C)CC3C)[C@@H](O)[C@H]1O. The van der Waals surface area contributed by atoms with Crippen LogP contribution in [0, 0.1) is 12.7 Å². The molecule has 0 saturated heterocycles. The fourth-order valence-electron chi connectivity index (χ4n) is 5.45. The van der Waals surface area contributed by atoms with E-state index < -0.39 is 36.0 Å². The molecule has 1 fully saturated rings. The van der Waals surface area contributed by atoms with E-state index in [-0.39, 0.29) is 18.3 Å². The van der Waals surface area contributed by atoms with Gasteiger partial charge in [-0.2, -0.15) is 0 Å². The van der Waals surface area contributed by atoms with Crippen LogP contribution in [0.5, 0.6) is 5.75 Å². The number of aliphatic hydroxyl groups excluding tert-OH is 2. The van der Waals surface area contributed by atoms with Crippen LogP contribution in [0.15, 0.2) is 30.7 Å². The lowest BCUT2D eigenvalue weighted by molar-refractivity contribution is -0.0170. The van der Waals surface area contributed by atoms with E-state index >= 15 is 0 Å². The number of hydrogen-bond donors (Lipinski definition) is 2. The predicted octanol–water partition coefficient (Wildman–Crippen LogP) is 3.85. The Labute approximate surface area is 214 Å². The van der Waals surface area contributed by atoms with Crippen molar-refractivity contribution in [2.45, 2.75) is 83.5 Å². The van der Waals surface area contributed by atoms with Crippen molar-refractivity contribution in [3.05, 3.63) is 53.4 Å². The maximum Gasteiger partial charge on any atom is 0.410 e.